The van der Waals surface area contributed by atoms with Gasteiger partial charge in [-0.2, -0.15) is 0 Å². The summed E-state index contributed by atoms with van der Waals surface area (Å²) in [6.45, 7) is 4.08. The summed E-state index contributed by atoms with van der Waals surface area (Å²) in [5.74, 6) is 1.25. The number of Topliss-reactive ketones (excluding diaryl/α,β-unsaturated/α-hetero) is 1. The highest BCUT2D eigenvalue weighted by molar-refractivity contribution is 6.00. The lowest BCUT2D eigenvalue weighted by atomic mass is 9.89. The van der Waals surface area contributed by atoms with Crippen LogP contribution in [0.4, 0.5) is 0 Å². The van der Waals surface area contributed by atoms with E-state index in [1.165, 1.54) is 31.2 Å². The quantitative estimate of drug-likeness (QED) is 0.592. The molecule has 0 saturated heterocycles. The molecule has 19 heavy (non-hydrogen) atoms. The van der Waals surface area contributed by atoms with Crippen LogP contribution in [0, 0.1) is 19.8 Å². The standard InChI is InChI=1S/C17H24O2/c1-12-10-11-15(17(19-3)13(12)2)16(18)14-8-6-4-5-7-9-14/h10-11,14H,4-9H2,1-3H3. The Kier molecular flexibility index (Phi) is 4.62. The molecular weight excluding hydrogens is 236 g/mol. The van der Waals surface area contributed by atoms with Gasteiger partial charge in [0, 0.05) is 5.92 Å². The van der Waals surface area contributed by atoms with Crippen LogP contribution in [0.15, 0.2) is 12.1 Å². The molecule has 0 bridgehead atoms. The number of rotatable bonds is 3. The molecule has 1 fully saturated rings. The van der Waals surface area contributed by atoms with E-state index in [-0.39, 0.29) is 11.7 Å². The number of carbonyl (C=O) groups excluding carboxylic acids is 1. The number of carbonyl (C=O) groups is 1. The molecular formula is C17H24O2. The zero-order valence-electron chi connectivity index (χ0n) is 12.3. The first-order chi connectivity index (χ1) is 9.15. The van der Waals surface area contributed by atoms with Crippen LogP contribution in [-0.4, -0.2) is 12.9 Å². The van der Waals surface area contributed by atoms with Gasteiger partial charge in [-0.15, -0.1) is 0 Å². The van der Waals surface area contributed by atoms with E-state index in [1.54, 1.807) is 7.11 Å². The number of hydrogen-bond acceptors (Lipinski definition) is 2. The number of benzene rings is 1. The summed E-state index contributed by atoms with van der Waals surface area (Å²) < 4.78 is 5.48. The summed E-state index contributed by atoms with van der Waals surface area (Å²) in [6.07, 6.45) is 6.98. The molecule has 1 aliphatic carbocycles. The normalized spacial score (nSPS) is 17.0. The molecule has 0 spiro atoms. The molecule has 0 amide bonds. The Morgan fingerprint density at radius 2 is 1.74 bits per heavy atom. The molecule has 0 aliphatic heterocycles. The lowest BCUT2D eigenvalue weighted by molar-refractivity contribution is 0.0904. The molecule has 1 saturated carbocycles. The van der Waals surface area contributed by atoms with E-state index < -0.39 is 0 Å². The highest BCUT2D eigenvalue weighted by atomic mass is 16.5. The summed E-state index contributed by atoms with van der Waals surface area (Å²) in [6, 6.07) is 3.97. The monoisotopic (exact) mass is 260 g/mol. The fourth-order valence-electron chi connectivity index (χ4n) is 3.01. The van der Waals surface area contributed by atoms with Crippen LogP contribution in [0.3, 0.4) is 0 Å². The smallest absolute Gasteiger partial charge is 0.169 e. The summed E-state index contributed by atoms with van der Waals surface area (Å²) in [5.41, 5.74) is 3.04. The van der Waals surface area contributed by atoms with Gasteiger partial charge in [0.1, 0.15) is 5.75 Å². The van der Waals surface area contributed by atoms with Gasteiger partial charge in [0.25, 0.3) is 0 Å². The van der Waals surface area contributed by atoms with Crippen molar-refractivity contribution in [2.24, 2.45) is 5.92 Å². The minimum atomic E-state index is 0.193. The highest BCUT2D eigenvalue weighted by Crippen LogP contribution is 2.32. The first-order valence-electron chi connectivity index (χ1n) is 7.33. The molecule has 0 radical (unpaired) electrons. The van der Waals surface area contributed by atoms with Gasteiger partial charge in [-0.05, 0) is 43.9 Å². The molecule has 2 nitrogen and oxygen atoms in total. The largest absolute Gasteiger partial charge is 0.496 e. The third kappa shape index (κ3) is 2.99. The third-order valence-electron chi connectivity index (χ3n) is 4.37. The van der Waals surface area contributed by atoms with Crippen molar-refractivity contribution in [3.8, 4) is 5.75 Å². The minimum absolute atomic E-state index is 0.193. The van der Waals surface area contributed by atoms with Crippen molar-refractivity contribution < 1.29 is 9.53 Å². The van der Waals surface area contributed by atoms with Gasteiger partial charge >= 0.3 is 0 Å². The van der Waals surface area contributed by atoms with Gasteiger partial charge in [0.05, 0.1) is 12.7 Å². The molecule has 0 atom stereocenters. The van der Waals surface area contributed by atoms with Gasteiger partial charge in [-0.3, -0.25) is 4.79 Å². The summed E-state index contributed by atoms with van der Waals surface area (Å²) in [4.78, 5) is 12.7. The van der Waals surface area contributed by atoms with E-state index >= 15 is 0 Å². The van der Waals surface area contributed by atoms with Crippen molar-refractivity contribution in [3.05, 3.63) is 28.8 Å². The predicted octanol–water partition coefficient (Wildman–Crippen LogP) is 4.47. The molecule has 104 valence electrons. The second kappa shape index (κ2) is 6.23. The molecule has 1 aromatic carbocycles. The number of methoxy groups -OCH3 is 1. The Hall–Kier alpha value is -1.31. The summed E-state index contributed by atoms with van der Waals surface area (Å²) >= 11 is 0. The molecule has 0 aromatic heterocycles. The molecule has 2 heteroatoms. The molecule has 2 rings (SSSR count). The van der Waals surface area contributed by atoms with Crippen LogP contribution in [0.25, 0.3) is 0 Å². The number of ketones is 1. The summed E-state index contributed by atoms with van der Waals surface area (Å²) in [7, 11) is 1.66. The highest BCUT2D eigenvalue weighted by Gasteiger charge is 2.24. The molecule has 0 unspecified atom stereocenters. The van der Waals surface area contributed by atoms with Crippen LogP contribution in [0.5, 0.6) is 5.75 Å². The lowest BCUT2D eigenvalue weighted by Gasteiger charge is -2.17. The average molecular weight is 260 g/mol. The Bertz CT molecular complexity index is 455. The Labute approximate surface area is 116 Å². The number of hydrogen-bond donors (Lipinski definition) is 0. The minimum Gasteiger partial charge on any atom is -0.496 e. The van der Waals surface area contributed by atoms with Gasteiger partial charge in [0.15, 0.2) is 5.78 Å². The van der Waals surface area contributed by atoms with Crippen LogP contribution in [-0.2, 0) is 0 Å². The summed E-state index contributed by atoms with van der Waals surface area (Å²) in [5, 5.41) is 0. The van der Waals surface area contributed by atoms with Crippen LogP contribution < -0.4 is 4.74 Å². The maximum Gasteiger partial charge on any atom is 0.169 e. The zero-order chi connectivity index (χ0) is 13.8. The van der Waals surface area contributed by atoms with E-state index in [2.05, 4.69) is 6.92 Å². The van der Waals surface area contributed by atoms with E-state index in [0.717, 1.165) is 29.7 Å². The van der Waals surface area contributed by atoms with Crippen molar-refractivity contribution in [3.63, 3.8) is 0 Å². The number of ether oxygens (including phenoxy) is 1. The maximum absolute atomic E-state index is 12.7. The third-order valence-corrected chi connectivity index (χ3v) is 4.37. The zero-order valence-corrected chi connectivity index (χ0v) is 12.3. The van der Waals surface area contributed by atoms with E-state index in [4.69, 9.17) is 4.74 Å². The van der Waals surface area contributed by atoms with E-state index in [1.807, 2.05) is 19.1 Å². The molecule has 1 aliphatic rings. The van der Waals surface area contributed by atoms with Crippen molar-refractivity contribution in [2.75, 3.05) is 7.11 Å². The topological polar surface area (TPSA) is 26.3 Å². The van der Waals surface area contributed by atoms with E-state index in [0.29, 0.717) is 0 Å². The van der Waals surface area contributed by atoms with Crippen LogP contribution in [0.2, 0.25) is 0 Å². The van der Waals surface area contributed by atoms with Crippen molar-refractivity contribution in [1.29, 1.82) is 0 Å². The van der Waals surface area contributed by atoms with Crippen molar-refractivity contribution >= 4 is 5.78 Å². The maximum atomic E-state index is 12.7. The second-order valence-electron chi connectivity index (χ2n) is 5.64. The first kappa shape index (κ1) is 14.1. The van der Waals surface area contributed by atoms with E-state index in [9.17, 15) is 4.79 Å². The Morgan fingerprint density at radius 3 is 2.32 bits per heavy atom. The van der Waals surface area contributed by atoms with Gasteiger partial charge in [-0.1, -0.05) is 31.7 Å². The van der Waals surface area contributed by atoms with Gasteiger partial charge in [0.2, 0.25) is 0 Å². The SMILES string of the molecule is COc1c(C(=O)C2CCCCCC2)ccc(C)c1C. The number of aryl methyl sites for hydroxylation is 1. The predicted molar refractivity (Wildman–Crippen MR) is 78.0 cm³/mol. The van der Waals surface area contributed by atoms with Crippen LogP contribution in [0.1, 0.15) is 60.0 Å². The molecule has 0 heterocycles. The van der Waals surface area contributed by atoms with Crippen LogP contribution >= 0.6 is 0 Å². The second-order valence-corrected chi connectivity index (χ2v) is 5.64. The molecule has 0 N–H and O–H groups in total. The lowest BCUT2D eigenvalue weighted by Crippen LogP contribution is -2.15. The first-order valence-corrected chi connectivity index (χ1v) is 7.33. The molecule has 1 aromatic rings. The van der Waals surface area contributed by atoms with Gasteiger partial charge in [-0.25, -0.2) is 0 Å². The Morgan fingerprint density at radius 1 is 1.11 bits per heavy atom. The average Bonchev–Trinajstić information content (AvgIpc) is 2.70. The van der Waals surface area contributed by atoms with Gasteiger partial charge < -0.3 is 4.74 Å². The van der Waals surface area contributed by atoms with Crippen molar-refractivity contribution in [2.45, 2.75) is 52.4 Å². The Balaban J connectivity index is 2.30. The fourth-order valence-corrected chi connectivity index (χ4v) is 3.01. The fraction of sp³-hybridized carbons (Fsp3) is 0.588. The van der Waals surface area contributed by atoms with Crippen molar-refractivity contribution in [1.82, 2.24) is 0 Å².